The molecular weight excluding hydrogens is 334 g/mol. The number of nitrogens with zero attached hydrogens (tertiary/aromatic N) is 2. The number of carbonyl (C=O) groups excluding carboxylic acids is 1. The van der Waals surface area contributed by atoms with Crippen LogP contribution in [-0.4, -0.2) is 15.5 Å². The highest BCUT2D eigenvalue weighted by Gasteiger charge is 2.27. The summed E-state index contributed by atoms with van der Waals surface area (Å²) < 4.78 is 2.29. The van der Waals surface area contributed by atoms with E-state index in [4.69, 9.17) is 0 Å². The molecule has 0 spiro atoms. The van der Waals surface area contributed by atoms with Gasteiger partial charge in [-0.15, -0.1) is 0 Å². The Labute approximate surface area is 157 Å². The fourth-order valence-electron chi connectivity index (χ4n) is 4.05. The maximum atomic E-state index is 12.5. The molecule has 1 atom stereocenters. The predicted molar refractivity (Wildman–Crippen MR) is 107 cm³/mol. The van der Waals surface area contributed by atoms with Crippen molar-refractivity contribution in [1.82, 2.24) is 9.55 Å². The van der Waals surface area contributed by atoms with Crippen LogP contribution in [0.2, 0.25) is 0 Å². The van der Waals surface area contributed by atoms with Gasteiger partial charge in [0.2, 0.25) is 5.91 Å². The molecular formula is C23H19N3O. The average Bonchev–Trinajstić information content (AvgIpc) is 2.99. The Morgan fingerprint density at radius 2 is 1.81 bits per heavy atom. The fourth-order valence-corrected chi connectivity index (χ4v) is 4.05. The van der Waals surface area contributed by atoms with Crippen LogP contribution in [0.25, 0.3) is 10.9 Å². The van der Waals surface area contributed by atoms with E-state index in [9.17, 15) is 4.79 Å². The van der Waals surface area contributed by atoms with Crippen molar-refractivity contribution in [3.05, 3.63) is 95.9 Å². The first kappa shape index (κ1) is 15.8. The van der Waals surface area contributed by atoms with Crippen LogP contribution in [0.5, 0.6) is 0 Å². The minimum Gasteiger partial charge on any atom is -0.343 e. The Morgan fingerprint density at radius 1 is 1.00 bits per heavy atom. The number of anilines is 1. The number of hydrogen-bond acceptors (Lipinski definition) is 2. The van der Waals surface area contributed by atoms with Crippen LogP contribution in [0.15, 0.2) is 79.3 Å². The van der Waals surface area contributed by atoms with Gasteiger partial charge in [-0.25, -0.2) is 0 Å². The molecule has 5 rings (SSSR count). The number of hydrogen-bond donors (Lipinski definition) is 1. The number of aromatic nitrogens is 2. The minimum absolute atomic E-state index is 0.0242. The van der Waals surface area contributed by atoms with Gasteiger partial charge in [-0.05, 0) is 41.0 Å². The lowest BCUT2D eigenvalue weighted by Gasteiger charge is -2.14. The van der Waals surface area contributed by atoms with Crippen molar-refractivity contribution in [2.75, 3.05) is 5.32 Å². The van der Waals surface area contributed by atoms with Crippen LogP contribution in [-0.2, 0) is 11.3 Å². The second-order valence-corrected chi connectivity index (χ2v) is 6.98. The maximum absolute atomic E-state index is 12.5. The van der Waals surface area contributed by atoms with Crippen LogP contribution in [0.1, 0.15) is 29.0 Å². The highest BCUT2D eigenvalue weighted by atomic mass is 16.1. The summed E-state index contributed by atoms with van der Waals surface area (Å²) in [4.78, 5) is 16.6. The number of pyridine rings is 1. The molecule has 4 aromatic rings. The Morgan fingerprint density at radius 3 is 2.63 bits per heavy atom. The van der Waals surface area contributed by atoms with Crippen molar-refractivity contribution in [3.8, 4) is 0 Å². The molecule has 0 bridgehead atoms. The highest BCUT2D eigenvalue weighted by Crippen LogP contribution is 2.40. The lowest BCUT2D eigenvalue weighted by Crippen LogP contribution is -2.14. The first-order valence-corrected chi connectivity index (χ1v) is 9.15. The van der Waals surface area contributed by atoms with Gasteiger partial charge in [0, 0.05) is 42.9 Å². The number of amides is 1. The number of benzene rings is 2. The molecule has 0 unspecified atom stereocenters. The molecule has 0 radical (unpaired) electrons. The largest absolute Gasteiger partial charge is 0.343 e. The molecule has 0 aliphatic carbocycles. The Hall–Kier alpha value is -3.40. The van der Waals surface area contributed by atoms with Crippen LogP contribution >= 0.6 is 0 Å². The van der Waals surface area contributed by atoms with E-state index in [2.05, 4.69) is 51.4 Å². The molecule has 0 saturated carbocycles. The topological polar surface area (TPSA) is 46.9 Å². The second kappa shape index (κ2) is 6.40. The quantitative estimate of drug-likeness (QED) is 0.587. The molecule has 4 heteroatoms. The number of rotatable bonds is 3. The predicted octanol–water partition coefficient (Wildman–Crippen LogP) is 4.56. The smallest absolute Gasteiger partial charge is 0.225 e. The molecule has 0 saturated heterocycles. The van der Waals surface area contributed by atoms with Gasteiger partial charge in [-0.2, -0.15) is 0 Å². The third-order valence-electron chi connectivity index (χ3n) is 5.28. The molecule has 0 fully saturated rings. The third-order valence-corrected chi connectivity index (χ3v) is 5.28. The number of nitrogens with one attached hydrogen (secondary N) is 1. The van der Waals surface area contributed by atoms with Crippen LogP contribution in [0.4, 0.5) is 5.69 Å². The number of carbonyl (C=O) groups is 1. The van der Waals surface area contributed by atoms with Gasteiger partial charge in [-0.3, -0.25) is 9.78 Å². The standard InChI is InChI=1S/C23H19N3O/c27-22-13-18(17-9-11-24-12-10-17)19-15-26(14-16-5-2-1-3-6-16)21-8-4-7-20(25-22)23(19)21/h1-12,15,18H,13-14H2,(H,25,27)/t18-/m1/s1. The van der Waals surface area contributed by atoms with Gasteiger partial charge in [-0.1, -0.05) is 36.4 Å². The van der Waals surface area contributed by atoms with Crippen molar-refractivity contribution >= 4 is 22.5 Å². The molecule has 4 nitrogen and oxygen atoms in total. The van der Waals surface area contributed by atoms with Crippen molar-refractivity contribution in [1.29, 1.82) is 0 Å². The van der Waals surface area contributed by atoms with E-state index in [0.29, 0.717) is 6.42 Å². The van der Waals surface area contributed by atoms with E-state index in [1.807, 2.05) is 30.3 Å². The summed E-state index contributed by atoms with van der Waals surface area (Å²) in [5.41, 5.74) is 5.62. The third kappa shape index (κ3) is 2.79. The zero-order valence-corrected chi connectivity index (χ0v) is 14.8. The van der Waals surface area contributed by atoms with Crippen molar-refractivity contribution < 1.29 is 4.79 Å². The molecule has 1 aliphatic rings. The second-order valence-electron chi connectivity index (χ2n) is 6.98. The van der Waals surface area contributed by atoms with Gasteiger partial charge in [0.1, 0.15) is 0 Å². The first-order valence-electron chi connectivity index (χ1n) is 9.15. The van der Waals surface area contributed by atoms with E-state index in [-0.39, 0.29) is 11.8 Å². The van der Waals surface area contributed by atoms with Crippen LogP contribution < -0.4 is 5.32 Å². The Bertz CT molecular complexity index is 1120. The maximum Gasteiger partial charge on any atom is 0.225 e. The summed E-state index contributed by atoms with van der Waals surface area (Å²) in [5.74, 6) is 0.0753. The molecule has 2 aromatic heterocycles. The summed E-state index contributed by atoms with van der Waals surface area (Å²) >= 11 is 0. The van der Waals surface area contributed by atoms with E-state index in [1.54, 1.807) is 12.4 Å². The molecule has 1 amide bonds. The molecule has 3 heterocycles. The fraction of sp³-hybridized carbons (Fsp3) is 0.130. The van der Waals surface area contributed by atoms with Crippen LogP contribution in [0, 0.1) is 0 Å². The van der Waals surface area contributed by atoms with Gasteiger partial charge in [0.15, 0.2) is 0 Å². The Kier molecular flexibility index (Phi) is 3.75. The normalized spacial score (nSPS) is 16.1. The van der Waals surface area contributed by atoms with Gasteiger partial charge < -0.3 is 9.88 Å². The summed E-state index contributed by atoms with van der Waals surface area (Å²) in [6.45, 7) is 0.803. The zero-order valence-electron chi connectivity index (χ0n) is 14.8. The van der Waals surface area contributed by atoms with E-state index >= 15 is 0 Å². The molecule has 132 valence electrons. The summed E-state index contributed by atoms with van der Waals surface area (Å²) in [7, 11) is 0. The minimum atomic E-state index is 0.0242. The van der Waals surface area contributed by atoms with E-state index in [0.717, 1.165) is 28.7 Å². The molecule has 27 heavy (non-hydrogen) atoms. The Balaban J connectivity index is 1.71. The monoisotopic (exact) mass is 353 g/mol. The summed E-state index contributed by atoms with van der Waals surface area (Å²) in [5, 5.41) is 4.24. The van der Waals surface area contributed by atoms with Gasteiger partial charge in [0.25, 0.3) is 0 Å². The lowest BCUT2D eigenvalue weighted by atomic mass is 9.89. The molecule has 1 aliphatic heterocycles. The van der Waals surface area contributed by atoms with E-state index < -0.39 is 0 Å². The van der Waals surface area contributed by atoms with Gasteiger partial charge in [0.05, 0.1) is 11.2 Å². The van der Waals surface area contributed by atoms with Gasteiger partial charge >= 0.3 is 0 Å². The first-order chi connectivity index (χ1) is 13.3. The van der Waals surface area contributed by atoms with Crippen molar-refractivity contribution in [2.24, 2.45) is 0 Å². The van der Waals surface area contributed by atoms with Crippen LogP contribution in [0.3, 0.4) is 0 Å². The molecule has 1 N–H and O–H groups in total. The SMILES string of the molecule is O=C1C[C@H](c2ccncc2)c2cn(Cc3ccccc3)c3cccc(c23)N1. The summed E-state index contributed by atoms with van der Waals surface area (Å²) in [6.07, 6.45) is 6.24. The average molecular weight is 353 g/mol. The van der Waals surface area contributed by atoms with Crippen molar-refractivity contribution in [3.63, 3.8) is 0 Å². The summed E-state index contributed by atoms with van der Waals surface area (Å²) in [6, 6.07) is 20.6. The van der Waals surface area contributed by atoms with Crippen molar-refractivity contribution in [2.45, 2.75) is 18.9 Å². The zero-order chi connectivity index (χ0) is 18.2. The van der Waals surface area contributed by atoms with E-state index in [1.165, 1.54) is 11.1 Å². The lowest BCUT2D eigenvalue weighted by molar-refractivity contribution is -0.116. The highest BCUT2D eigenvalue weighted by molar-refractivity contribution is 6.06. The molecule has 2 aromatic carbocycles.